The zero-order valence-corrected chi connectivity index (χ0v) is 12.3. The number of Topliss-reactive ketones (excluding diaryl/α,β-unsaturated/α-hetero) is 1. The minimum Gasteiger partial charge on any atom is -0.507 e. The maximum Gasteiger partial charge on any atom is 0.174 e. The lowest BCUT2D eigenvalue weighted by Gasteiger charge is -2.26. The van der Waals surface area contributed by atoms with Gasteiger partial charge in [-0.1, -0.05) is 11.6 Å². The molecule has 2 N–H and O–H groups in total. The minimum absolute atomic E-state index is 0.000602. The SMILES string of the molecule is CC(C)=CCc1c(O)c(C)c2c(c1O)C(=O)C[C@H](C)O2. The number of benzene rings is 1. The van der Waals surface area contributed by atoms with E-state index in [1.807, 2.05) is 19.9 Å². The summed E-state index contributed by atoms with van der Waals surface area (Å²) in [6.07, 6.45) is 2.29. The molecule has 1 aromatic carbocycles. The highest BCUT2D eigenvalue weighted by molar-refractivity contribution is 6.03. The van der Waals surface area contributed by atoms with Crippen molar-refractivity contribution in [3.8, 4) is 17.2 Å². The minimum atomic E-state index is -0.240. The molecule has 0 saturated heterocycles. The molecule has 1 aliphatic rings. The van der Waals surface area contributed by atoms with Gasteiger partial charge in [0.15, 0.2) is 5.78 Å². The Morgan fingerprint density at radius 2 is 2.00 bits per heavy atom. The summed E-state index contributed by atoms with van der Waals surface area (Å²) in [6, 6.07) is 0. The van der Waals surface area contributed by atoms with Crippen molar-refractivity contribution < 1.29 is 19.7 Å². The fraction of sp³-hybridized carbons (Fsp3) is 0.438. The van der Waals surface area contributed by atoms with Crippen LogP contribution in [0.3, 0.4) is 0 Å². The Morgan fingerprint density at radius 1 is 1.35 bits per heavy atom. The normalized spacial score (nSPS) is 17.4. The molecule has 0 saturated carbocycles. The van der Waals surface area contributed by atoms with E-state index in [0.717, 1.165) is 5.57 Å². The number of hydrogen-bond donors (Lipinski definition) is 2. The van der Waals surface area contributed by atoms with Gasteiger partial charge in [0, 0.05) is 17.5 Å². The zero-order valence-electron chi connectivity index (χ0n) is 12.3. The van der Waals surface area contributed by atoms with Crippen LogP contribution >= 0.6 is 0 Å². The molecule has 2 rings (SSSR count). The fourth-order valence-electron chi connectivity index (χ4n) is 2.40. The smallest absolute Gasteiger partial charge is 0.174 e. The first-order valence-electron chi connectivity index (χ1n) is 6.73. The van der Waals surface area contributed by atoms with Gasteiger partial charge in [0.25, 0.3) is 0 Å². The van der Waals surface area contributed by atoms with Crippen molar-refractivity contribution in [3.63, 3.8) is 0 Å². The number of fused-ring (bicyclic) bond motifs is 1. The van der Waals surface area contributed by atoms with Gasteiger partial charge in [-0.25, -0.2) is 0 Å². The molecular formula is C16H20O4. The van der Waals surface area contributed by atoms with Gasteiger partial charge in [-0.3, -0.25) is 4.79 Å². The fourth-order valence-corrected chi connectivity index (χ4v) is 2.40. The third-order valence-electron chi connectivity index (χ3n) is 3.52. The van der Waals surface area contributed by atoms with Crippen LogP contribution in [0.15, 0.2) is 11.6 Å². The number of aromatic hydroxyl groups is 2. The quantitative estimate of drug-likeness (QED) is 0.814. The molecule has 20 heavy (non-hydrogen) atoms. The van der Waals surface area contributed by atoms with Crippen LogP contribution in [0.4, 0.5) is 0 Å². The maximum atomic E-state index is 12.1. The van der Waals surface area contributed by atoms with Crippen LogP contribution in [-0.2, 0) is 6.42 Å². The lowest BCUT2D eigenvalue weighted by atomic mass is 9.92. The monoisotopic (exact) mass is 276 g/mol. The van der Waals surface area contributed by atoms with E-state index in [0.29, 0.717) is 23.3 Å². The first-order chi connectivity index (χ1) is 9.32. The molecule has 0 unspecified atom stereocenters. The molecule has 4 heteroatoms. The van der Waals surface area contributed by atoms with E-state index in [9.17, 15) is 15.0 Å². The van der Waals surface area contributed by atoms with E-state index in [-0.39, 0.29) is 35.4 Å². The molecule has 0 aromatic heterocycles. The van der Waals surface area contributed by atoms with Gasteiger partial charge in [-0.15, -0.1) is 0 Å². The molecule has 0 radical (unpaired) electrons. The number of phenolic OH excluding ortho intramolecular Hbond substituents is 2. The summed E-state index contributed by atoms with van der Waals surface area (Å²) < 4.78 is 5.62. The Labute approximate surface area is 118 Å². The molecule has 1 aromatic rings. The van der Waals surface area contributed by atoms with Crippen LogP contribution in [-0.4, -0.2) is 22.1 Å². The number of ketones is 1. The standard InChI is InChI=1S/C16H20O4/c1-8(2)5-6-11-14(18)10(4)16-13(15(11)19)12(17)7-9(3)20-16/h5,9,18-19H,6-7H2,1-4H3/t9-/m0/s1. The lowest BCUT2D eigenvalue weighted by Crippen LogP contribution is -2.25. The second-order valence-corrected chi connectivity index (χ2v) is 5.55. The van der Waals surface area contributed by atoms with Crippen molar-refractivity contribution in [1.82, 2.24) is 0 Å². The molecule has 0 fully saturated rings. The van der Waals surface area contributed by atoms with Gasteiger partial charge in [0.05, 0.1) is 0 Å². The van der Waals surface area contributed by atoms with E-state index in [1.165, 1.54) is 0 Å². The summed E-state index contributed by atoms with van der Waals surface area (Å²) in [6.45, 7) is 7.38. The highest BCUT2D eigenvalue weighted by Gasteiger charge is 2.32. The molecule has 0 spiro atoms. The van der Waals surface area contributed by atoms with Crippen LogP contribution < -0.4 is 4.74 Å². The number of ether oxygens (including phenoxy) is 1. The van der Waals surface area contributed by atoms with Crippen LogP contribution in [0.2, 0.25) is 0 Å². The number of phenols is 2. The molecule has 1 heterocycles. The van der Waals surface area contributed by atoms with Crippen molar-refractivity contribution in [2.75, 3.05) is 0 Å². The van der Waals surface area contributed by atoms with Gasteiger partial charge in [0.2, 0.25) is 0 Å². The molecule has 0 aliphatic carbocycles. The van der Waals surface area contributed by atoms with E-state index in [4.69, 9.17) is 4.74 Å². The Kier molecular flexibility index (Phi) is 3.75. The number of carbonyl (C=O) groups is 1. The molecule has 4 nitrogen and oxygen atoms in total. The number of hydrogen-bond acceptors (Lipinski definition) is 4. The van der Waals surface area contributed by atoms with Gasteiger partial charge in [0.1, 0.15) is 28.9 Å². The van der Waals surface area contributed by atoms with Gasteiger partial charge in [-0.2, -0.15) is 0 Å². The first-order valence-corrected chi connectivity index (χ1v) is 6.73. The summed E-state index contributed by atoms with van der Waals surface area (Å²) in [7, 11) is 0. The molecule has 0 bridgehead atoms. The number of allylic oxidation sites excluding steroid dienone is 2. The van der Waals surface area contributed by atoms with Gasteiger partial charge >= 0.3 is 0 Å². The Bertz CT molecular complexity index is 595. The van der Waals surface area contributed by atoms with Crippen LogP contribution in [0.5, 0.6) is 17.2 Å². The van der Waals surface area contributed by atoms with Crippen molar-refractivity contribution in [1.29, 1.82) is 0 Å². The third-order valence-corrected chi connectivity index (χ3v) is 3.52. The predicted molar refractivity (Wildman–Crippen MR) is 76.7 cm³/mol. The van der Waals surface area contributed by atoms with Crippen molar-refractivity contribution >= 4 is 5.78 Å². The average Bonchev–Trinajstić information content (AvgIpc) is 2.34. The third kappa shape index (κ3) is 2.38. The van der Waals surface area contributed by atoms with Crippen LogP contribution in [0, 0.1) is 6.92 Å². The first kappa shape index (κ1) is 14.4. The largest absolute Gasteiger partial charge is 0.507 e. The molecule has 1 aliphatic heterocycles. The number of carbonyl (C=O) groups excluding carboxylic acids is 1. The summed E-state index contributed by atoms with van der Waals surface area (Å²) in [5, 5.41) is 20.6. The van der Waals surface area contributed by atoms with E-state index < -0.39 is 0 Å². The second-order valence-electron chi connectivity index (χ2n) is 5.55. The molecule has 108 valence electrons. The summed E-state index contributed by atoms with van der Waals surface area (Å²) in [5.41, 5.74) is 2.18. The second kappa shape index (κ2) is 5.19. The molecule has 0 amide bonds. The molecule has 1 atom stereocenters. The Balaban J connectivity index is 2.63. The van der Waals surface area contributed by atoms with Crippen molar-refractivity contribution in [2.24, 2.45) is 0 Å². The van der Waals surface area contributed by atoms with Gasteiger partial charge < -0.3 is 14.9 Å². The summed E-state index contributed by atoms with van der Waals surface area (Å²) in [4.78, 5) is 12.1. The average molecular weight is 276 g/mol. The highest BCUT2D eigenvalue weighted by atomic mass is 16.5. The van der Waals surface area contributed by atoms with E-state index in [1.54, 1.807) is 13.8 Å². The maximum absolute atomic E-state index is 12.1. The van der Waals surface area contributed by atoms with Gasteiger partial charge in [-0.05, 0) is 34.1 Å². The topological polar surface area (TPSA) is 66.8 Å². The summed E-state index contributed by atoms with van der Waals surface area (Å²) in [5.74, 6) is 0.0145. The summed E-state index contributed by atoms with van der Waals surface area (Å²) >= 11 is 0. The van der Waals surface area contributed by atoms with Crippen LogP contribution in [0.1, 0.15) is 48.7 Å². The predicted octanol–water partition coefficient (Wildman–Crippen LogP) is 3.27. The Morgan fingerprint density at radius 3 is 2.60 bits per heavy atom. The van der Waals surface area contributed by atoms with Crippen molar-refractivity contribution in [3.05, 3.63) is 28.3 Å². The Hall–Kier alpha value is -1.97. The van der Waals surface area contributed by atoms with Crippen molar-refractivity contribution in [2.45, 2.75) is 46.6 Å². The molecular weight excluding hydrogens is 256 g/mol. The lowest BCUT2D eigenvalue weighted by molar-refractivity contribution is 0.0864. The van der Waals surface area contributed by atoms with Crippen LogP contribution in [0.25, 0.3) is 0 Å². The van der Waals surface area contributed by atoms with E-state index >= 15 is 0 Å². The zero-order chi connectivity index (χ0) is 15.0. The van der Waals surface area contributed by atoms with E-state index in [2.05, 4.69) is 0 Å². The highest BCUT2D eigenvalue weighted by Crippen LogP contribution is 2.45. The number of rotatable bonds is 2.